The van der Waals surface area contributed by atoms with Crippen LogP contribution in [0.1, 0.15) is 0 Å². The third-order valence-corrected chi connectivity index (χ3v) is 0.847. The van der Waals surface area contributed by atoms with Crippen LogP contribution in [0.2, 0.25) is 5.15 Å². The Kier molecular flexibility index (Phi) is 7.61. The van der Waals surface area contributed by atoms with Gasteiger partial charge in [-0.1, -0.05) is 11.6 Å². The van der Waals surface area contributed by atoms with Crippen LogP contribution in [-0.2, 0) is 15.1 Å². The Hall–Kier alpha value is 0.573. The van der Waals surface area contributed by atoms with Gasteiger partial charge in [0.05, 0.1) is 0 Å². The first-order valence-corrected chi connectivity index (χ1v) is 10.7. The monoisotopic (exact) mass is 264 g/mol. The van der Waals surface area contributed by atoms with Crippen LogP contribution in [0.3, 0.4) is 0 Å². The van der Waals surface area contributed by atoms with E-state index in [0.717, 1.165) is 0 Å². The van der Waals surface area contributed by atoms with E-state index >= 15 is 0 Å². The molecule has 6 heteroatoms. The van der Waals surface area contributed by atoms with Crippen molar-refractivity contribution in [1.29, 1.82) is 0 Å². The van der Waals surface area contributed by atoms with E-state index < -0.39 is 21.0 Å². The number of halogens is 4. The summed E-state index contributed by atoms with van der Waals surface area (Å²) in [6.45, 7) is 0. The van der Waals surface area contributed by atoms with Gasteiger partial charge in [-0.15, -0.1) is 0 Å². The van der Waals surface area contributed by atoms with E-state index in [2.05, 4.69) is 11.2 Å². The quantitative estimate of drug-likeness (QED) is 0.520. The van der Waals surface area contributed by atoms with Crippen molar-refractivity contribution in [2.24, 2.45) is 0 Å². The Morgan fingerprint density at radius 1 is 1.45 bits per heavy atom. The second-order valence-corrected chi connectivity index (χ2v) is 6.34. The Balaban J connectivity index is 0.000000292. The molecule has 57 valence electrons. The van der Waals surface area contributed by atoms with E-state index in [-0.39, 0.29) is 5.15 Å². The minimum atomic E-state index is -0.931. The molecule has 11 heavy (non-hydrogen) atoms. The summed E-state index contributed by atoms with van der Waals surface area (Å²) < 4.78 is 11.9. The molecule has 0 aliphatic rings. The van der Waals surface area contributed by atoms with Gasteiger partial charge in [-0.25, -0.2) is 9.37 Å². The predicted molar refractivity (Wildman–Crippen MR) is 39.7 cm³/mol. The molecule has 0 unspecified atom stereocenters. The van der Waals surface area contributed by atoms with Gasteiger partial charge in [0.2, 0.25) is 0 Å². The molecule has 0 aromatic carbocycles. The Morgan fingerprint density at radius 3 is 2.27 bits per heavy atom. The van der Waals surface area contributed by atoms with E-state index in [1.807, 2.05) is 0 Å². The fourth-order valence-corrected chi connectivity index (χ4v) is 0.429. The molecule has 0 amide bonds. The van der Waals surface area contributed by atoms with Crippen molar-refractivity contribution in [1.82, 2.24) is 4.98 Å². The molecule has 1 nitrogen and oxygen atoms in total. The van der Waals surface area contributed by atoms with Gasteiger partial charge in [-0.05, 0) is 12.1 Å². The maximum absolute atomic E-state index is 11.9. The van der Waals surface area contributed by atoms with Gasteiger partial charge in [-0.3, -0.25) is 0 Å². The molecule has 0 saturated heterocycles. The summed E-state index contributed by atoms with van der Waals surface area (Å²) in [7, 11) is 9.90. The summed E-state index contributed by atoms with van der Waals surface area (Å²) in [4.78, 5) is 3.34. The molecule has 0 spiro atoms. The van der Waals surface area contributed by atoms with Gasteiger partial charge < -0.3 is 0 Å². The zero-order chi connectivity index (χ0) is 8.69. The Morgan fingerprint density at radius 2 is 2.00 bits per heavy atom. The molecular weight excluding hydrogens is 265 g/mol. The van der Waals surface area contributed by atoms with Gasteiger partial charge in [0.15, 0.2) is 5.82 Å². The number of rotatable bonds is 0. The van der Waals surface area contributed by atoms with Crippen LogP contribution >= 0.6 is 31.0 Å². The summed E-state index contributed by atoms with van der Waals surface area (Å²) in [6, 6.07) is 2.57. The van der Waals surface area contributed by atoms with Crippen LogP contribution in [0.5, 0.6) is 0 Å². The fraction of sp³-hybridized carbons (Fsp3) is 0. The topological polar surface area (TPSA) is 12.9 Å². The summed E-state index contributed by atoms with van der Waals surface area (Å²) in [5.41, 5.74) is 0. The first kappa shape index (κ1) is 11.6. The van der Waals surface area contributed by atoms with Crippen LogP contribution < -0.4 is 0 Å². The molecule has 0 atom stereocenters. The van der Waals surface area contributed by atoms with Gasteiger partial charge in [0.1, 0.15) is 11.3 Å². The first-order valence-electron chi connectivity index (χ1n) is 2.52. The fourth-order valence-electron chi connectivity index (χ4n) is 0.323. The molecule has 0 saturated carbocycles. The van der Waals surface area contributed by atoms with E-state index in [4.69, 9.17) is 31.0 Å². The van der Waals surface area contributed by atoms with E-state index in [9.17, 15) is 4.39 Å². The summed E-state index contributed by atoms with van der Waals surface area (Å²) in [5, 5.41) is 0.256. The van der Waals surface area contributed by atoms with Crippen molar-refractivity contribution < 1.29 is 19.5 Å². The maximum atomic E-state index is 11.9. The molecule has 0 aliphatic carbocycles. The van der Waals surface area contributed by atoms with Crippen LogP contribution in [0, 0.1) is 12.0 Å². The Bertz CT molecular complexity index is 172. The summed E-state index contributed by atoms with van der Waals surface area (Å²) in [5.74, 6) is -0.491. The molecule has 1 rings (SSSR count). The van der Waals surface area contributed by atoms with Crippen molar-refractivity contribution in [2.45, 2.75) is 0 Å². The zero-order valence-electron chi connectivity index (χ0n) is 5.32. The molecule has 0 bridgehead atoms. The van der Waals surface area contributed by atoms with Gasteiger partial charge in [0.25, 0.3) is 0 Å². The van der Waals surface area contributed by atoms with Gasteiger partial charge in [-0.2, -0.15) is 0 Å². The van der Waals surface area contributed by atoms with Crippen LogP contribution in [0.4, 0.5) is 4.39 Å². The average molecular weight is 267 g/mol. The number of hydrogen-bond donors (Lipinski definition) is 0. The molecule has 0 fully saturated rings. The third kappa shape index (κ3) is 6.95. The van der Waals surface area contributed by atoms with Crippen molar-refractivity contribution in [3.05, 3.63) is 29.3 Å². The zero-order valence-corrected chi connectivity index (χ0v) is 10.6. The second kappa shape index (κ2) is 7.23. The SMILES string of the molecule is Fc1[c]nc(Cl)cc1.[Cl][Zn][Cl]. The second-order valence-electron chi connectivity index (χ2n) is 1.33. The van der Waals surface area contributed by atoms with E-state index in [1.165, 1.54) is 12.1 Å². The van der Waals surface area contributed by atoms with E-state index in [0.29, 0.717) is 0 Å². The van der Waals surface area contributed by atoms with Crippen LogP contribution in [0.15, 0.2) is 12.1 Å². The van der Waals surface area contributed by atoms with Crippen molar-refractivity contribution >= 4 is 31.0 Å². The van der Waals surface area contributed by atoms with Crippen LogP contribution in [-0.4, -0.2) is 4.98 Å². The number of aromatic nitrogens is 1. The molecule has 1 aromatic rings. The first-order chi connectivity index (χ1) is 5.20. The standard InChI is InChI=1S/C5H2ClFN.2ClH.Zn/c6-5-2-1-4(7)3-8-5;;;/h1-2H;2*1H;/q;;;+2/p-2. The average Bonchev–Trinajstić information content (AvgIpc) is 1.97. The normalized spacial score (nSPS) is 7.64. The van der Waals surface area contributed by atoms with Crippen molar-refractivity contribution in [3.63, 3.8) is 0 Å². The van der Waals surface area contributed by atoms with Gasteiger partial charge in [0, 0.05) is 0 Å². The molecular formula is C5H2Cl3FNZn. The number of hydrogen-bond acceptors (Lipinski definition) is 1. The van der Waals surface area contributed by atoms with Gasteiger partial charge >= 0.3 is 34.5 Å². The predicted octanol–water partition coefficient (Wildman–Crippen LogP) is 3.05. The van der Waals surface area contributed by atoms with Crippen LogP contribution in [0.25, 0.3) is 0 Å². The van der Waals surface area contributed by atoms with Crippen molar-refractivity contribution in [3.8, 4) is 0 Å². The molecule has 0 aliphatic heterocycles. The molecule has 1 radical (unpaired) electrons. The number of nitrogens with zero attached hydrogens (tertiary/aromatic N) is 1. The minimum absolute atomic E-state index is 0.256. The van der Waals surface area contributed by atoms with Crippen molar-refractivity contribution in [2.75, 3.05) is 0 Å². The Labute approximate surface area is 84.5 Å². The van der Waals surface area contributed by atoms with E-state index in [1.54, 1.807) is 0 Å². The molecule has 1 heterocycles. The number of pyridine rings is 1. The summed E-state index contributed by atoms with van der Waals surface area (Å²) in [6.07, 6.45) is 2.05. The summed E-state index contributed by atoms with van der Waals surface area (Å²) >= 11 is 4.37. The molecule has 0 N–H and O–H groups in total. The molecule has 1 aromatic heterocycles. The third-order valence-electron chi connectivity index (χ3n) is 0.637.